The number of para-hydroxylation sites is 1. The third-order valence-electron chi connectivity index (χ3n) is 5.70. The second-order valence-corrected chi connectivity index (χ2v) is 8.77. The molecule has 0 bridgehead atoms. The summed E-state index contributed by atoms with van der Waals surface area (Å²) in [7, 11) is 0. The molecule has 3 aromatic rings. The fraction of sp³-hybridized carbons (Fsp3) is 0.200. The molecule has 1 saturated carbocycles. The van der Waals surface area contributed by atoms with E-state index in [0.29, 0.717) is 38.5 Å². The highest BCUT2D eigenvalue weighted by Crippen LogP contribution is 2.47. The monoisotopic (exact) mass is 492 g/mol. The van der Waals surface area contributed by atoms with Crippen molar-refractivity contribution in [3.05, 3.63) is 82.3 Å². The Balaban J connectivity index is 1.33. The summed E-state index contributed by atoms with van der Waals surface area (Å²) < 4.78 is 12.8. The molecule has 1 fully saturated rings. The zero-order chi connectivity index (χ0) is 22.1. The number of ether oxygens (including phenoxy) is 2. The van der Waals surface area contributed by atoms with Crippen LogP contribution < -0.4 is 20.1 Å². The van der Waals surface area contributed by atoms with E-state index in [1.165, 1.54) is 0 Å². The van der Waals surface area contributed by atoms with Crippen molar-refractivity contribution >= 4 is 39.1 Å². The van der Waals surface area contributed by atoms with Crippen LogP contribution in [0.15, 0.2) is 71.2 Å². The highest BCUT2D eigenvalue weighted by molar-refractivity contribution is 9.10. The molecule has 32 heavy (non-hydrogen) atoms. The van der Waals surface area contributed by atoms with Gasteiger partial charge < -0.3 is 20.1 Å². The molecule has 3 aromatic carbocycles. The maximum Gasteiger partial charge on any atom is 0.257 e. The van der Waals surface area contributed by atoms with Crippen molar-refractivity contribution in [3.63, 3.8) is 0 Å². The van der Waals surface area contributed by atoms with E-state index in [4.69, 9.17) is 9.47 Å². The number of anilines is 2. The lowest BCUT2D eigenvalue weighted by atomic mass is 10.1. The number of carbonyl (C=O) groups is 2. The molecule has 0 aromatic heterocycles. The van der Waals surface area contributed by atoms with Gasteiger partial charge in [0.15, 0.2) is 11.5 Å². The van der Waals surface area contributed by atoms with Gasteiger partial charge in [-0.2, -0.15) is 0 Å². The molecule has 1 aliphatic heterocycles. The number of fused-ring (bicyclic) bond motifs is 1. The summed E-state index contributed by atoms with van der Waals surface area (Å²) in [5.74, 6) is 0.157. The van der Waals surface area contributed by atoms with Gasteiger partial charge in [0.25, 0.3) is 17.6 Å². The molecule has 5 rings (SSSR count). The summed E-state index contributed by atoms with van der Waals surface area (Å²) in [5.41, 5.74) is 1.87. The van der Waals surface area contributed by atoms with E-state index >= 15 is 0 Å². The van der Waals surface area contributed by atoms with Crippen molar-refractivity contribution < 1.29 is 19.1 Å². The summed E-state index contributed by atoms with van der Waals surface area (Å²) in [6.07, 6.45) is 3.90. The van der Waals surface area contributed by atoms with Gasteiger partial charge in [-0.1, -0.05) is 24.3 Å². The van der Waals surface area contributed by atoms with Crippen molar-refractivity contribution in [2.75, 3.05) is 10.6 Å². The molecule has 0 saturated heterocycles. The molecule has 162 valence electrons. The first kappa shape index (κ1) is 20.6. The molecule has 0 unspecified atom stereocenters. The summed E-state index contributed by atoms with van der Waals surface area (Å²) in [6.45, 7) is 0. The number of rotatable bonds is 4. The summed E-state index contributed by atoms with van der Waals surface area (Å²) in [4.78, 5) is 25.7. The fourth-order valence-corrected chi connectivity index (χ4v) is 4.58. The third kappa shape index (κ3) is 3.96. The number of halogens is 1. The molecule has 1 aliphatic carbocycles. The SMILES string of the molecule is O=C(Nc1ccccc1C(=O)Nc1ccc2c(c1)OC1(CCCC1)O2)c1ccccc1Br. The number of hydrogen-bond acceptors (Lipinski definition) is 4. The van der Waals surface area contributed by atoms with Gasteiger partial charge in [0, 0.05) is 29.1 Å². The van der Waals surface area contributed by atoms with E-state index < -0.39 is 5.79 Å². The van der Waals surface area contributed by atoms with E-state index in [1.807, 2.05) is 12.1 Å². The van der Waals surface area contributed by atoms with Gasteiger partial charge in [-0.3, -0.25) is 9.59 Å². The van der Waals surface area contributed by atoms with Gasteiger partial charge >= 0.3 is 0 Å². The maximum atomic E-state index is 13.0. The first-order valence-electron chi connectivity index (χ1n) is 10.5. The Labute approximate surface area is 194 Å². The first-order chi connectivity index (χ1) is 15.5. The second-order valence-electron chi connectivity index (χ2n) is 7.92. The predicted octanol–water partition coefficient (Wildman–Crippen LogP) is 6.00. The van der Waals surface area contributed by atoms with E-state index in [1.54, 1.807) is 54.6 Å². The molecule has 2 aliphatic rings. The number of carbonyl (C=O) groups excluding carboxylic acids is 2. The van der Waals surface area contributed by atoms with Crippen molar-refractivity contribution in [2.45, 2.75) is 31.5 Å². The molecule has 1 spiro atoms. The van der Waals surface area contributed by atoms with Crippen molar-refractivity contribution in [3.8, 4) is 11.5 Å². The average molecular weight is 493 g/mol. The quantitative estimate of drug-likeness (QED) is 0.468. The zero-order valence-electron chi connectivity index (χ0n) is 17.2. The van der Waals surface area contributed by atoms with Gasteiger partial charge in [-0.15, -0.1) is 0 Å². The largest absolute Gasteiger partial charge is 0.448 e. The van der Waals surface area contributed by atoms with Crippen LogP contribution in [0.4, 0.5) is 11.4 Å². The van der Waals surface area contributed by atoms with Crippen LogP contribution in [0.25, 0.3) is 0 Å². The van der Waals surface area contributed by atoms with Crippen molar-refractivity contribution in [1.29, 1.82) is 0 Å². The molecule has 2 amide bonds. The third-order valence-corrected chi connectivity index (χ3v) is 6.39. The second kappa shape index (κ2) is 8.31. The molecule has 7 heteroatoms. The lowest BCUT2D eigenvalue weighted by Gasteiger charge is -2.21. The van der Waals surface area contributed by atoms with Crippen LogP contribution in [0.2, 0.25) is 0 Å². The van der Waals surface area contributed by atoms with Crippen LogP contribution in [0.5, 0.6) is 11.5 Å². The van der Waals surface area contributed by atoms with Crippen LogP contribution >= 0.6 is 15.9 Å². The van der Waals surface area contributed by atoms with E-state index in [-0.39, 0.29) is 11.8 Å². The highest BCUT2D eigenvalue weighted by Gasteiger charge is 2.44. The van der Waals surface area contributed by atoms with Gasteiger partial charge in [0.2, 0.25) is 0 Å². The van der Waals surface area contributed by atoms with E-state index in [9.17, 15) is 9.59 Å². The Hall–Kier alpha value is -3.32. The molecule has 0 atom stereocenters. The average Bonchev–Trinajstić information content (AvgIpc) is 3.39. The minimum atomic E-state index is -0.548. The Morgan fingerprint density at radius 3 is 2.22 bits per heavy atom. The van der Waals surface area contributed by atoms with Gasteiger partial charge in [0.1, 0.15) is 0 Å². The standard InChI is InChI=1S/C25H21BrN2O4/c26-19-9-3-1-7-17(19)23(29)28-20-10-4-2-8-18(20)24(30)27-16-11-12-21-22(15-16)32-25(31-21)13-5-6-14-25/h1-4,7-12,15H,5-6,13-14H2,(H,27,30)(H,28,29). The van der Waals surface area contributed by atoms with Crippen molar-refractivity contribution in [2.24, 2.45) is 0 Å². The summed E-state index contributed by atoms with van der Waals surface area (Å²) in [5, 5.41) is 5.73. The number of amides is 2. The Kier molecular flexibility index (Phi) is 5.35. The first-order valence-corrected chi connectivity index (χ1v) is 11.3. The normalized spacial score (nSPS) is 15.5. The highest BCUT2D eigenvalue weighted by atomic mass is 79.9. The molecule has 1 heterocycles. The van der Waals surface area contributed by atoms with Crippen LogP contribution in [0.3, 0.4) is 0 Å². The smallest absolute Gasteiger partial charge is 0.257 e. The Morgan fingerprint density at radius 2 is 1.44 bits per heavy atom. The Morgan fingerprint density at radius 1 is 0.781 bits per heavy atom. The topological polar surface area (TPSA) is 76.7 Å². The van der Waals surface area contributed by atoms with E-state index in [0.717, 1.165) is 25.7 Å². The van der Waals surface area contributed by atoms with Gasteiger partial charge in [-0.05, 0) is 65.2 Å². The predicted molar refractivity (Wildman–Crippen MR) is 125 cm³/mol. The number of hydrogen-bond donors (Lipinski definition) is 2. The van der Waals surface area contributed by atoms with Gasteiger partial charge in [-0.25, -0.2) is 0 Å². The lowest BCUT2D eigenvalue weighted by molar-refractivity contribution is -0.0716. The van der Waals surface area contributed by atoms with Gasteiger partial charge in [0.05, 0.1) is 16.8 Å². The molecular weight excluding hydrogens is 472 g/mol. The zero-order valence-corrected chi connectivity index (χ0v) is 18.8. The molecule has 0 radical (unpaired) electrons. The summed E-state index contributed by atoms with van der Waals surface area (Å²) in [6, 6.07) is 19.4. The van der Waals surface area contributed by atoms with E-state index in [2.05, 4.69) is 26.6 Å². The van der Waals surface area contributed by atoms with Crippen molar-refractivity contribution in [1.82, 2.24) is 0 Å². The van der Waals surface area contributed by atoms with Crippen LogP contribution in [0.1, 0.15) is 46.4 Å². The minimum Gasteiger partial charge on any atom is -0.448 e. The lowest BCUT2D eigenvalue weighted by Crippen LogP contribution is -2.34. The summed E-state index contributed by atoms with van der Waals surface area (Å²) >= 11 is 3.39. The molecular formula is C25H21BrN2O4. The number of nitrogens with one attached hydrogen (secondary N) is 2. The van der Waals surface area contributed by atoms with Crippen LogP contribution in [-0.4, -0.2) is 17.6 Å². The molecule has 6 nitrogen and oxygen atoms in total. The molecule has 2 N–H and O–H groups in total. The van der Waals surface area contributed by atoms with Crippen LogP contribution in [-0.2, 0) is 0 Å². The van der Waals surface area contributed by atoms with Crippen LogP contribution in [0, 0.1) is 0 Å². The number of benzene rings is 3. The Bertz CT molecular complexity index is 1200. The minimum absolute atomic E-state index is 0.303. The fourth-order valence-electron chi connectivity index (χ4n) is 4.11. The maximum absolute atomic E-state index is 13.0.